The highest BCUT2D eigenvalue weighted by molar-refractivity contribution is 5.82. The van der Waals surface area contributed by atoms with E-state index < -0.39 is 82.3 Å². The van der Waals surface area contributed by atoms with Crippen LogP contribution >= 0.6 is 0 Å². The van der Waals surface area contributed by atoms with E-state index in [4.69, 9.17) is 56.8 Å². The molecule has 31 nitrogen and oxygen atoms in total. The maximum Gasteiger partial charge on any atom is 0.508 e. The molecule has 132 heavy (non-hydrogen) atoms. The largest absolute Gasteiger partial charge is 0.508 e. The molecule has 31 heteroatoms. The van der Waals surface area contributed by atoms with E-state index in [2.05, 4.69) is 141 Å². The van der Waals surface area contributed by atoms with Crippen LogP contribution in [0.4, 0.5) is 38.4 Å². The summed E-state index contributed by atoms with van der Waals surface area (Å²) in [6.45, 7) is 53.0. The third-order valence-electron chi connectivity index (χ3n) is 26.7. The zero-order chi connectivity index (χ0) is 97.9. The molecule has 1 aromatic carbocycles. The summed E-state index contributed by atoms with van der Waals surface area (Å²) in [5.41, 5.74) is 4.02. The lowest BCUT2D eigenvalue weighted by Crippen LogP contribution is -2.47. The van der Waals surface area contributed by atoms with Gasteiger partial charge in [0.1, 0.15) is 135 Å². The van der Waals surface area contributed by atoms with Crippen molar-refractivity contribution in [2.45, 2.75) is 335 Å². The number of ether oxygens (including phenoxy) is 17. The number of likely N-dealkylation sites (tertiary alicyclic amines) is 1. The van der Waals surface area contributed by atoms with Gasteiger partial charge in [-0.05, 0) is 243 Å². The Morgan fingerprint density at radius 1 is 0.530 bits per heavy atom. The summed E-state index contributed by atoms with van der Waals surface area (Å²) in [6, 6.07) is -0.672. The first-order chi connectivity index (χ1) is 61.8. The van der Waals surface area contributed by atoms with Gasteiger partial charge in [-0.1, -0.05) is 149 Å². The van der Waals surface area contributed by atoms with Gasteiger partial charge < -0.3 is 96.1 Å². The molecule has 744 valence electrons. The van der Waals surface area contributed by atoms with Crippen molar-refractivity contribution >= 4 is 67.0 Å². The molecule has 7 heterocycles. The Kier molecular flexibility index (Phi) is 41.2. The molecule has 3 aliphatic carbocycles. The van der Waals surface area contributed by atoms with Crippen LogP contribution in [0.25, 0.3) is 0 Å². The third-order valence-corrected chi connectivity index (χ3v) is 26.7. The first-order valence-corrected chi connectivity index (χ1v) is 48.0. The van der Waals surface area contributed by atoms with E-state index in [1.165, 1.54) is 89.0 Å². The Labute approximate surface area is 783 Å². The minimum atomic E-state index is -1.03. The summed E-state index contributed by atoms with van der Waals surface area (Å²) < 4.78 is 86.7. The van der Waals surface area contributed by atoms with Crippen LogP contribution in [0, 0.1) is 89.8 Å². The van der Waals surface area contributed by atoms with Crippen LogP contribution < -0.4 is 20.1 Å². The monoisotopic (exact) mass is 1860 g/mol. The van der Waals surface area contributed by atoms with E-state index in [1.807, 2.05) is 34.6 Å². The second kappa shape index (κ2) is 49.7. The number of benzene rings is 1. The first-order valence-electron chi connectivity index (χ1n) is 48.0. The van der Waals surface area contributed by atoms with Crippen LogP contribution in [0.2, 0.25) is 0 Å². The molecule has 2 N–H and O–H groups in total. The number of esters is 3. The minimum absolute atomic E-state index is 0.00873. The summed E-state index contributed by atoms with van der Waals surface area (Å²) in [4.78, 5) is 128. The maximum absolute atomic E-state index is 13.1. The minimum Gasteiger partial charge on any atom is -0.487 e. The molecule has 1 aromatic rings. The molecular weight excluding hydrogens is 1700 g/mol. The van der Waals surface area contributed by atoms with Crippen molar-refractivity contribution in [3.05, 3.63) is 69.9 Å². The predicted molar refractivity (Wildman–Crippen MR) is 493 cm³/mol. The molecular formula is C101H157N3O28. The fraction of sp³-hybridized carbons (Fsp3) is 0.752. The number of nitrogens with one attached hydrogen (secondary N) is 2. The number of cyclic esters (lactones) is 10. The zero-order valence-electron chi connectivity index (χ0n) is 83.4. The van der Waals surface area contributed by atoms with Crippen molar-refractivity contribution < 1.29 is 133 Å². The van der Waals surface area contributed by atoms with Crippen LogP contribution in [-0.4, -0.2) is 199 Å². The van der Waals surface area contributed by atoms with Gasteiger partial charge in [0.25, 0.3) is 0 Å². The molecule has 10 aliphatic rings. The number of alkyl carbamates (subject to hydrolysis) is 2. The lowest BCUT2D eigenvalue weighted by atomic mass is 9.61. The average Bonchev–Trinajstić information content (AvgIpc) is 1.37. The summed E-state index contributed by atoms with van der Waals surface area (Å²) in [5.74, 6) is 5.96. The average molecular weight is 1860 g/mol. The van der Waals surface area contributed by atoms with E-state index >= 15 is 0 Å². The number of nitrogens with zero attached hydrogens (tertiary/aromatic N) is 1. The smallest absolute Gasteiger partial charge is 0.487 e. The van der Waals surface area contributed by atoms with Gasteiger partial charge in [0.15, 0.2) is 0 Å². The van der Waals surface area contributed by atoms with Gasteiger partial charge in [-0.25, -0.2) is 38.4 Å². The summed E-state index contributed by atoms with van der Waals surface area (Å²) in [7, 11) is 0. The number of hydrogen-bond donors (Lipinski definition) is 2. The molecule has 0 unspecified atom stereocenters. The number of carbonyl (C=O) groups excluding carboxylic acids is 11. The Bertz CT molecular complexity index is 4130. The number of piperidine rings is 1. The number of hydrogen-bond acceptors (Lipinski definition) is 28. The van der Waals surface area contributed by atoms with Crippen molar-refractivity contribution in [2.75, 3.05) is 85.8 Å². The number of allylic oxidation sites excluding steroid dienone is 6. The fourth-order valence-corrected chi connectivity index (χ4v) is 17.8. The normalized spacial score (nSPS) is 24.5. The highest BCUT2D eigenvalue weighted by atomic mass is 16.8. The molecule has 0 bridgehead atoms. The van der Waals surface area contributed by atoms with E-state index in [0.717, 1.165) is 89.4 Å². The van der Waals surface area contributed by atoms with E-state index in [-0.39, 0.29) is 108 Å². The number of amides is 3. The van der Waals surface area contributed by atoms with Gasteiger partial charge in [0.05, 0.1) is 6.61 Å². The number of rotatable bonds is 26. The summed E-state index contributed by atoms with van der Waals surface area (Å²) >= 11 is 0. The Morgan fingerprint density at radius 2 is 1.01 bits per heavy atom. The van der Waals surface area contributed by atoms with E-state index in [0.29, 0.717) is 73.8 Å². The van der Waals surface area contributed by atoms with Crippen LogP contribution in [0.5, 0.6) is 11.5 Å². The van der Waals surface area contributed by atoms with Gasteiger partial charge >= 0.3 is 67.0 Å². The van der Waals surface area contributed by atoms with Crippen LogP contribution in [0.3, 0.4) is 0 Å². The van der Waals surface area contributed by atoms with Crippen molar-refractivity contribution in [1.82, 2.24) is 15.5 Å². The summed E-state index contributed by atoms with van der Waals surface area (Å²) in [5, 5.41) is 5.01. The second-order valence-corrected chi connectivity index (χ2v) is 41.9. The number of carbonyl (C=O) groups is 11. The molecule has 0 radical (unpaired) electrons. The first kappa shape index (κ1) is 110. The number of fused-ring (bicyclic) bond motifs is 2. The highest BCUT2D eigenvalue weighted by Gasteiger charge is 2.52. The van der Waals surface area contributed by atoms with Crippen LogP contribution in [0.1, 0.15) is 289 Å². The van der Waals surface area contributed by atoms with Crippen molar-refractivity contribution in [2.24, 2.45) is 69.0 Å². The van der Waals surface area contributed by atoms with E-state index in [9.17, 15) is 52.7 Å². The molecule has 11 rings (SSSR count). The Hall–Kier alpha value is -9.45. The van der Waals surface area contributed by atoms with Gasteiger partial charge in [0.2, 0.25) is 0 Å². The van der Waals surface area contributed by atoms with E-state index in [1.54, 1.807) is 58.9 Å². The molecule has 6 saturated heterocycles. The van der Waals surface area contributed by atoms with Gasteiger partial charge in [-0.3, -0.25) is 14.4 Å². The molecule has 7 aliphatic heterocycles. The van der Waals surface area contributed by atoms with Crippen molar-refractivity contribution in [1.29, 1.82) is 0 Å². The third kappa shape index (κ3) is 34.2. The lowest BCUT2D eigenvalue weighted by Gasteiger charge is -2.44. The fourth-order valence-electron chi connectivity index (χ4n) is 17.8. The molecule has 0 aromatic heterocycles. The van der Waals surface area contributed by atoms with Crippen molar-refractivity contribution in [3.63, 3.8) is 0 Å². The highest BCUT2D eigenvalue weighted by Crippen LogP contribution is 2.60. The maximum atomic E-state index is 13.1. The summed E-state index contributed by atoms with van der Waals surface area (Å²) in [6.07, 6.45) is 27.1. The SMILES string of the molecule is C=C1CC[C@H](OC(=O)C2(C)COC(=O)OC2)C/C1=C/C=C1\CCC[C@]2(C)[C@@H]([C@H](C)/C=C/[C@H](C)C(C)C)CC[C@@H]12.CC(C)(C)OC(=O)N1CCC(OC(=O)C2(C)COC(=O)OC2)CC1.CC(C)(C)OC(=O)NC1COC(=O)OC1.CCOC(=O)NC1COC(=O)OC1.Cc1c(C)c2c(c(C)c1OC(=O)C1(C)COC(=O)OC1)CC[C@@](C)(CCC[C@H](C)CCC[C@H](C)CCCC(C)C)O2. The van der Waals surface area contributed by atoms with Crippen molar-refractivity contribution in [3.8, 4) is 11.5 Å². The lowest BCUT2D eigenvalue weighted by molar-refractivity contribution is -0.174. The van der Waals surface area contributed by atoms with Gasteiger partial charge in [-0.15, -0.1) is 0 Å². The predicted octanol–water partition coefficient (Wildman–Crippen LogP) is 21.0. The second-order valence-electron chi connectivity index (χ2n) is 41.9. The molecule has 3 saturated carbocycles. The standard InChI is InChI=1S/C35H56O6.C34H50O5.C16H25NO7.C9H15NO5.C7H11NO5/c1-23(2)13-10-14-24(3)15-11-16-25(4)17-12-19-35(9)20-18-29-28(7)30(26(5)27(6)31(29)41-35)40-32(36)34(8)21-38-33(37)39-22-34;1-22(2)23(3)10-11-25(5)29-16-17-30-26(9-8-18-34(29,30)7)13-14-27-19-28(15-12-24(27)4)39-31(35)33(6)20-37-32(36)38-21-33;1-15(2,3)24-13(19)17-7-5-11(6-8-17)23-12(18)16(4)9-21-14(20)22-10-16;1-9(2,3)15-7(11)10-6-4-13-8(12)14-5-6;1-2-11-6(9)8-5-3-12-7(10)13-4-5/h23-25H,10-22H2,1-9H3;10-11,13-14,22-23,25,28-30H,4,8-9,12,15-21H2,1-3,5-7H3;11H,5-10H2,1-4H3;6H,4-5H2,1-3H3,(H,10,11);5H,2-4H2,1H3,(H,8,9)/b;11-10+,26-13+,27-14-;;;/t24-,25-,35-;23-,25+,28-,29+,30-,34+;;;/m10.../s1. The Balaban J connectivity index is 0.000000240. The van der Waals surface area contributed by atoms with Gasteiger partial charge in [-0.2, -0.15) is 0 Å². The molecule has 9 atom stereocenters. The topological polar surface area (TPSA) is 372 Å². The van der Waals surface area contributed by atoms with Crippen LogP contribution in [0.15, 0.2) is 47.6 Å². The zero-order valence-corrected chi connectivity index (χ0v) is 83.4. The quantitative estimate of drug-likeness (QED) is 0.0376. The molecule has 0 spiro atoms. The Morgan fingerprint density at radius 3 is 1.50 bits per heavy atom. The molecule has 3 amide bonds. The van der Waals surface area contributed by atoms with Gasteiger partial charge in [0, 0.05) is 37.9 Å². The van der Waals surface area contributed by atoms with Crippen LogP contribution in [-0.2, 0) is 91.9 Å². The molecule has 9 fully saturated rings.